The van der Waals surface area contributed by atoms with E-state index in [4.69, 9.17) is 9.47 Å². The van der Waals surface area contributed by atoms with E-state index in [-0.39, 0.29) is 11.8 Å². The van der Waals surface area contributed by atoms with Gasteiger partial charge in [-0.3, -0.25) is 14.5 Å². The maximum Gasteiger partial charge on any atom is 0.232 e. The summed E-state index contributed by atoms with van der Waals surface area (Å²) in [6, 6.07) is 9.81. The first-order valence-corrected chi connectivity index (χ1v) is 11.0. The normalized spacial score (nSPS) is 18.1. The molecule has 1 aromatic rings. The first-order valence-electron chi connectivity index (χ1n) is 9.83. The SMILES string of the molecule is O=C(CSCC(=O)N1CCN(CCOc2ccccc2)CC1)N1CCOCC1. The van der Waals surface area contributed by atoms with E-state index in [1.54, 1.807) is 0 Å². The van der Waals surface area contributed by atoms with Crippen LogP contribution >= 0.6 is 11.8 Å². The number of thioether (sulfide) groups is 1. The van der Waals surface area contributed by atoms with E-state index in [2.05, 4.69) is 4.90 Å². The molecule has 0 aliphatic carbocycles. The van der Waals surface area contributed by atoms with Gasteiger partial charge in [0.15, 0.2) is 0 Å². The number of hydrogen-bond acceptors (Lipinski definition) is 6. The van der Waals surface area contributed by atoms with Gasteiger partial charge in [0.1, 0.15) is 12.4 Å². The summed E-state index contributed by atoms with van der Waals surface area (Å²) in [6.07, 6.45) is 0. The highest BCUT2D eigenvalue weighted by Gasteiger charge is 2.22. The third-order valence-electron chi connectivity index (χ3n) is 4.96. The molecule has 3 rings (SSSR count). The van der Waals surface area contributed by atoms with Gasteiger partial charge in [-0.25, -0.2) is 0 Å². The van der Waals surface area contributed by atoms with Crippen LogP contribution in [-0.4, -0.2) is 104 Å². The van der Waals surface area contributed by atoms with E-state index in [0.29, 0.717) is 44.4 Å². The Morgan fingerprint density at radius 3 is 2.14 bits per heavy atom. The van der Waals surface area contributed by atoms with Gasteiger partial charge in [-0.15, -0.1) is 11.8 Å². The summed E-state index contributed by atoms with van der Waals surface area (Å²) in [4.78, 5) is 30.5. The fraction of sp³-hybridized carbons (Fsp3) is 0.600. The van der Waals surface area contributed by atoms with Crippen molar-refractivity contribution in [1.82, 2.24) is 14.7 Å². The van der Waals surface area contributed by atoms with Crippen LogP contribution in [0, 0.1) is 0 Å². The summed E-state index contributed by atoms with van der Waals surface area (Å²) in [5.74, 6) is 1.85. The van der Waals surface area contributed by atoms with E-state index in [0.717, 1.165) is 38.5 Å². The van der Waals surface area contributed by atoms with Crippen molar-refractivity contribution < 1.29 is 19.1 Å². The van der Waals surface area contributed by atoms with Gasteiger partial charge in [0.25, 0.3) is 0 Å². The largest absolute Gasteiger partial charge is 0.492 e. The Morgan fingerprint density at radius 1 is 0.893 bits per heavy atom. The minimum absolute atomic E-state index is 0.101. The predicted molar refractivity (Wildman–Crippen MR) is 110 cm³/mol. The van der Waals surface area contributed by atoms with Crippen LogP contribution in [0.4, 0.5) is 0 Å². The van der Waals surface area contributed by atoms with Crippen LogP contribution in [0.25, 0.3) is 0 Å². The lowest BCUT2D eigenvalue weighted by atomic mass is 10.3. The van der Waals surface area contributed by atoms with Crippen LogP contribution in [0.15, 0.2) is 30.3 Å². The molecule has 0 atom stereocenters. The molecule has 1 aromatic carbocycles. The van der Waals surface area contributed by atoms with Gasteiger partial charge < -0.3 is 19.3 Å². The highest BCUT2D eigenvalue weighted by Crippen LogP contribution is 2.10. The molecule has 0 aromatic heterocycles. The average molecular weight is 408 g/mol. The maximum atomic E-state index is 12.4. The van der Waals surface area contributed by atoms with Gasteiger partial charge >= 0.3 is 0 Å². The lowest BCUT2D eigenvalue weighted by Crippen LogP contribution is -2.50. The number of hydrogen-bond donors (Lipinski definition) is 0. The lowest BCUT2D eigenvalue weighted by Gasteiger charge is -2.34. The Hall–Kier alpha value is -1.77. The third kappa shape index (κ3) is 6.68. The smallest absolute Gasteiger partial charge is 0.232 e. The van der Waals surface area contributed by atoms with Crippen molar-refractivity contribution in [3.05, 3.63) is 30.3 Å². The van der Waals surface area contributed by atoms with Crippen LogP contribution in [0.5, 0.6) is 5.75 Å². The van der Waals surface area contributed by atoms with Crippen molar-refractivity contribution in [2.45, 2.75) is 0 Å². The molecule has 0 spiro atoms. The number of piperazine rings is 1. The second-order valence-electron chi connectivity index (χ2n) is 6.87. The van der Waals surface area contributed by atoms with Crippen molar-refractivity contribution in [3.63, 3.8) is 0 Å². The molecule has 2 fully saturated rings. The van der Waals surface area contributed by atoms with Gasteiger partial charge in [0, 0.05) is 45.8 Å². The van der Waals surface area contributed by atoms with E-state index in [1.165, 1.54) is 11.8 Å². The highest BCUT2D eigenvalue weighted by atomic mass is 32.2. The lowest BCUT2D eigenvalue weighted by molar-refractivity contribution is -0.132. The molecule has 0 radical (unpaired) electrons. The zero-order chi connectivity index (χ0) is 19.6. The molecule has 154 valence electrons. The predicted octanol–water partition coefficient (Wildman–Crippen LogP) is 0.802. The number of carbonyl (C=O) groups excluding carboxylic acids is 2. The van der Waals surface area contributed by atoms with E-state index < -0.39 is 0 Å². The fourth-order valence-electron chi connectivity index (χ4n) is 3.25. The molecule has 0 saturated carbocycles. The van der Waals surface area contributed by atoms with Crippen LogP contribution < -0.4 is 4.74 Å². The Bertz CT molecular complexity index is 617. The number of rotatable bonds is 8. The molecule has 7 nitrogen and oxygen atoms in total. The molecular weight excluding hydrogens is 378 g/mol. The minimum atomic E-state index is 0.101. The number of nitrogens with zero attached hydrogens (tertiary/aromatic N) is 3. The monoisotopic (exact) mass is 407 g/mol. The Balaban J connectivity index is 1.26. The maximum absolute atomic E-state index is 12.4. The fourth-order valence-corrected chi connectivity index (χ4v) is 4.07. The summed E-state index contributed by atoms with van der Waals surface area (Å²) in [5.41, 5.74) is 0. The van der Waals surface area contributed by atoms with Crippen molar-refractivity contribution in [3.8, 4) is 5.75 Å². The van der Waals surface area contributed by atoms with Crippen molar-refractivity contribution in [1.29, 1.82) is 0 Å². The third-order valence-corrected chi connectivity index (χ3v) is 5.86. The van der Waals surface area contributed by atoms with E-state index >= 15 is 0 Å². The Kier molecular flexibility index (Phi) is 8.44. The topological polar surface area (TPSA) is 62.3 Å². The Labute approximate surface area is 170 Å². The molecule has 2 aliphatic rings. The van der Waals surface area contributed by atoms with Crippen LogP contribution in [0.1, 0.15) is 0 Å². The molecule has 2 amide bonds. The molecule has 0 unspecified atom stereocenters. The summed E-state index contributed by atoms with van der Waals surface area (Å²) >= 11 is 1.41. The van der Waals surface area contributed by atoms with Crippen molar-refractivity contribution in [2.24, 2.45) is 0 Å². The summed E-state index contributed by atoms with van der Waals surface area (Å²) in [5, 5.41) is 0. The standard InChI is InChI=1S/C20H29N3O4S/c24-19(16-28-17-20(25)23-11-13-26-14-12-23)22-8-6-21(7-9-22)10-15-27-18-4-2-1-3-5-18/h1-5H,6-17H2. The minimum Gasteiger partial charge on any atom is -0.492 e. The highest BCUT2D eigenvalue weighted by molar-refractivity contribution is 8.00. The number of benzene rings is 1. The summed E-state index contributed by atoms with van der Waals surface area (Å²) < 4.78 is 11.0. The molecular formula is C20H29N3O4S. The molecule has 28 heavy (non-hydrogen) atoms. The molecule has 2 saturated heterocycles. The number of carbonyl (C=O) groups is 2. The van der Waals surface area contributed by atoms with Crippen molar-refractivity contribution in [2.75, 3.05) is 77.1 Å². The van der Waals surface area contributed by atoms with Crippen molar-refractivity contribution >= 4 is 23.6 Å². The zero-order valence-electron chi connectivity index (χ0n) is 16.3. The quantitative estimate of drug-likeness (QED) is 0.635. The number of ether oxygens (including phenoxy) is 2. The molecule has 8 heteroatoms. The second-order valence-corrected chi connectivity index (χ2v) is 7.86. The number of morpholine rings is 1. The van der Waals surface area contributed by atoms with E-state index in [9.17, 15) is 9.59 Å². The first kappa shape index (κ1) is 21.0. The Morgan fingerprint density at radius 2 is 1.50 bits per heavy atom. The molecule has 2 heterocycles. The van der Waals surface area contributed by atoms with Gasteiger partial charge in [-0.1, -0.05) is 18.2 Å². The summed E-state index contributed by atoms with van der Waals surface area (Å²) in [6.45, 7) is 7.24. The molecule has 0 N–H and O–H groups in total. The van der Waals surface area contributed by atoms with Crippen LogP contribution in [0.2, 0.25) is 0 Å². The summed E-state index contributed by atoms with van der Waals surface area (Å²) in [7, 11) is 0. The van der Waals surface area contributed by atoms with Gasteiger partial charge in [-0.2, -0.15) is 0 Å². The van der Waals surface area contributed by atoms with Crippen LogP contribution in [-0.2, 0) is 14.3 Å². The average Bonchev–Trinajstić information content (AvgIpc) is 2.75. The van der Waals surface area contributed by atoms with E-state index in [1.807, 2.05) is 40.1 Å². The second kappa shape index (κ2) is 11.3. The van der Waals surface area contributed by atoms with Gasteiger partial charge in [-0.05, 0) is 12.1 Å². The molecule has 2 aliphatic heterocycles. The molecule has 0 bridgehead atoms. The number of amides is 2. The van der Waals surface area contributed by atoms with Gasteiger partial charge in [0.2, 0.25) is 11.8 Å². The van der Waals surface area contributed by atoms with Crippen LogP contribution in [0.3, 0.4) is 0 Å². The zero-order valence-corrected chi connectivity index (χ0v) is 17.1. The van der Waals surface area contributed by atoms with Gasteiger partial charge in [0.05, 0.1) is 24.7 Å². The first-order chi connectivity index (χ1) is 13.7. The number of para-hydroxylation sites is 1.